The largest absolute Gasteiger partial charge is 0.304 e. The molecular weight excluding hydrogens is 182 g/mol. The Balaban J connectivity index is 2.43. The van der Waals surface area contributed by atoms with E-state index in [0.717, 1.165) is 26.1 Å². The first-order valence-corrected chi connectivity index (χ1v) is 5.73. The van der Waals surface area contributed by atoms with Crippen molar-refractivity contribution in [3.63, 3.8) is 0 Å². The summed E-state index contributed by atoms with van der Waals surface area (Å²) in [6, 6.07) is 10.4. The zero-order valence-corrected chi connectivity index (χ0v) is 9.87. The van der Waals surface area contributed by atoms with Gasteiger partial charge in [0, 0.05) is 6.54 Å². The molecule has 0 aliphatic rings. The molecule has 0 heterocycles. The molecule has 1 rings (SSSR count). The second kappa shape index (κ2) is 6.41. The van der Waals surface area contributed by atoms with Crippen LogP contribution in [0.2, 0.25) is 0 Å². The van der Waals surface area contributed by atoms with E-state index in [2.05, 4.69) is 49.6 Å². The summed E-state index contributed by atoms with van der Waals surface area (Å²) in [4.78, 5) is 2.42. The predicted molar refractivity (Wildman–Crippen MR) is 67.9 cm³/mol. The summed E-state index contributed by atoms with van der Waals surface area (Å²) >= 11 is 0. The Hall–Kier alpha value is -1.08. The van der Waals surface area contributed by atoms with E-state index >= 15 is 0 Å². The standard InChI is InChI=1S/C14H21N/c1-4-15(5-2)12-11-13(3)14-9-7-6-8-10-14/h6-10H,3-5,11-12H2,1-2H3. The Morgan fingerprint density at radius 2 is 1.73 bits per heavy atom. The van der Waals surface area contributed by atoms with Gasteiger partial charge in [-0.2, -0.15) is 0 Å². The number of rotatable bonds is 6. The van der Waals surface area contributed by atoms with Gasteiger partial charge in [0.1, 0.15) is 0 Å². The number of benzene rings is 1. The van der Waals surface area contributed by atoms with Crippen LogP contribution in [0.25, 0.3) is 5.57 Å². The van der Waals surface area contributed by atoms with Crippen molar-refractivity contribution in [2.24, 2.45) is 0 Å². The van der Waals surface area contributed by atoms with Crippen LogP contribution in [0, 0.1) is 0 Å². The fraction of sp³-hybridized carbons (Fsp3) is 0.429. The second-order valence-corrected chi connectivity index (χ2v) is 3.75. The van der Waals surface area contributed by atoms with Gasteiger partial charge in [0.05, 0.1) is 0 Å². The maximum Gasteiger partial charge on any atom is 0.00216 e. The predicted octanol–water partition coefficient (Wildman–Crippen LogP) is 3.43. The van der Waals surface area contributed by atoms with E-state index in [-0.39, 0.29) is 0 Å². The van der Waals surface area contributed by atoms with Crippen LogP contribution >= 0.6 is 0 Å². The summed E-state index contributed by atoms with van der Waals surface area (Å²) in [7, 11) is 0. The lowest BCUT2D eigenvalue weighted by atomic mass is 10.0. The van der Waals surface area contributed by atoms with E-state index in [0.29, 0.717) is 0 Å². The summed E-state index contributed by atoms with van der Waals surface area (Å²) in [5.41, 5.74) is 2.51. The molecule has 0 bridgehead atoms. The first-order valence-electron chi connectivity index (χ1n) is 5.73. The van der Waals surface area contributed by atoms with Crippen LogP contribution in [0.15, 0.2) is 36.9 Å². The molecule has 0 aliphatic carbocycles. The van der Waals surface area contributed by atoms with Gasteiger partial charge >= 0.3 is 0 Å². The molecule has 0 amide bonds. The van der Waals surface area contributed by atoms with Crippen molar-refractivity contribution >= 4 is 5.57 Å². The molecule has 1 aromatic carbocycles. The van der Waals surface area contributed by atoms with Crippen molar-refractivity contribution < 1.29 is 0 Å². The van der Waals surface area contributed by atoms with Crippen molar-refractivity contribution in [3.8, 4) is 0 Å². The smallest absolute Gasteiger partial charge is 0.00216 e. The summed E-state index contributed by atoms with van der Waals surface area (Å²) in [5, 5.41) is 0. The van der Waals surface area contributed by atoms with Crippen molar-refractivity contribution in [1.29, 1.82) is 0 Å². The van der Waals surface area contributed by atoms with E-state index in [1.807, 2.05) is 6.07 Å². The zero-order valence-electron chi connectivity index (χ0n) is 9.87. The summed E-state index contributed by atoms with van der Waals surface area (Å²) < 4.78 is 0. The molecule has 0 spiro atoms. The number of nitrogens with zero attached hydrogens (tertiary/aromatic N) is 1. The van der Waals surface area contributed by atoms with Crippen molar-refractivity contribution in [2.45, 2.75) is 20.3 Å². The lowest BCUT2D eigenvalue weighted by Gasteiger charge is -2.18. The molecule has 0 atom stereocenters. The van der Waals surface area contributed by atoms with E-state index in [9.17, 15) is 0 Å². The minimum absolute atomic E-state index is 1.06. The Labute approximate surface area is 93.4 Å². The van der Waals surface area contributed by atoms with Gasteiger partial charge in [-0.15, -0.1) is 0 Å². The molecule has 0 radical (unpaired) electrons. The summed E-state index contributed by atoms with van der Waals surface area (Å²) in [6.07, 6.45) is 1.06. The van der Waals surface area contributed by atoms with Crippen molar-refractivity contribution in [3.05, 3.63) is 42.5 Å². The maximum absolute atomic E-state index is 4.14. The van der Waals surface area contributed by atoms with Gasteiger partial charge < -0.3 is 4.90 Å². The van der Waals surface area contributed by atoms with Gasteiger partial charge in [-0.25, -0.2) is 0 Å². The first kappa shape index (κ1) is 12.0. The Kier molecular flexibility index (Phi) is 5.13. The van der Waals surface area contributed by atoms with Gasteiger partial charge in [-0.1, -0.05) is 50.8 Å². The average Bonchev–Trinajstić information content (AvgIpc) is 2.31. The monoisotopic (exact) mass is 203 g/mol. The molecule has 0 saturated heterocycles. The minimum atomic E-state index is 1.06. The lowest BCUT2D eigenvalue weighted by molar-refractivity contribution is 0.312. The van der Waals surface area contributed by atoms with E-state index in [1.165, 1.54) is 11.1 Å². The third-order valence-electron chi connectivity index (χ3n) is 2.81. The Morgan fingerprint density at radius 1 is 1.13 bits per heavy atom. The highest BCUT2D eigenvalue weighted by molar-refractivity contribution is 5.63. The van der Waals surface area contributed by atoms with Crippen LogP contribution in [0.4, 0.5) is 0 Å². The zero-order chi connectivity index (χ0) is 11.1. The number of hydrogen-bond donors (Lipinski definition) is 0. The fourth-order valence-corrected chi connectivity index (χ4v) is 1.65. The highest BCUT2D eigenvalue weighted by Gasteiger charge is 2.01. The van der Waals surface area contributed by atoms with Crippen LogP contribution in [-0.4, -0.2) is 24.5 Å². The lowest BCUT2D eigenvalue weighted by Crippen LogP contribution is -2.24. The third-order valence-corrected chi connectivity index (χ3v) is 2.81. The average molecular weight is 203 g/mol. The Bertz CT molecular complexity index is 285. The topological polar surface area (TPSA) is 3.24 Å². The van der Waals surface area contributed by atoms with Gasteiger partial charge in [-0.05, 0) is 30.6 Å². The van der Waals surface area contributed by atoms with Crippen LogP contribution in [0.5, 0.6) is 0 Å². The maximum atomic E-state index is 4.14. The molecule has 15 heavy (non-hydrogen) atoms. The molecule has 1 aromatic rings. The minimum Gasteiger partial charge on any atom is -0.304 e. The number of hydrogen-bond acceptors (Lipinski definition) is 1. The van der Waals surface area contributed by atoms with E-state index in [4.69, 9.17) is 0 Å². The molecule has 0 aromatic heterocycles. The molecule has 0 unspecified atom stereocenters. The molecule has 0 N–H and O–H groups in total. The molecular formula is C14H21N. The van der Waals surface area contributed by atoms with Crippen molar-refractivity contribution in [1.82, 2.24) is 4.90 Å². The normalized spacial score (nSPS) is 10.6. The highest BCUT2D eigenvalue weighted by Crippen LogP contribution is 2.15. The first-order chi connectivity index (χ1) is 7.27. The van der Waals surface area contributed by atoms with E-state index in [1.54, 1.807) is 0 Å². The van der Waals surface area contributed by atoms with Crippen LogP contribution in [0.1, 0.15) is 25.8 Å². The molecule has 1 heteroatoms. The van der Waals surface area contributed by atoms with Crippen LogP contribution < -0.4 is 0 Å². The second-order valence-electron chi connectivity index (χ2n) is 3.75. The fourth-order valence-electron chi connectivity index (χ4n) is 1.65. The summed E-state index contributed by atoms with van der Waals surface area (Å²) in [6.45, 7) is 11.9. The summed E-state index contributed by atoms with van der Waals surface area (Å²) in [5.74, 6) is 0. The van der Waals surface area contributed by atoms with Gasteiger partial charge in [-0.3, -0.25) is 0 Å². The van der Waals surface area contributed by atoms with Gasteiger partial charge in [0.15, 0.2) is 0 Å². The molecule has 0 fully saturated rings. The quantitative estimate of drug-likeness (QED) is 0.684. The van der Waals surface area contributed by atoms with E-state index < -0.39 is 0 Å². The Morgan fingerprint density at radius 3 is 2.27 bits per heavy atom. The van der Waals surface area contributed by atoms with Gasteiger partial charge in [0.2, 0.25) is 0 Å². The van der Waals surface area contributed by atoms with Gasteiger partial charge in [0.25, 0.3) is 0 Å². The molecule has 82 valence electrons. The van der Waals surface area contributed by atoms with Crippen molar-refractivity contribution in [2.75, 3.05) is 19.6 Å². The van der Waals surface area contributed by atoms with Crippen LogP contribution in [0.3, 0.4) is 0 Å². The molecule has 0 saturated carbocycles. The third kappa shape index (κ3) is 3.88. The van der Waals surface area contributed by atoms with Crippen LogP contribution in [-0.2, 0) is 0 Å². The molecule has 0 aliphatic heterocycles. The SMILES string of the molecule is C=C(CCN(CC)CC)c1ccccc1. The molecule has 1 nitrogen and oxygen atoms in total. The highest BCUT2D eigenvalue weighted by atomic mass is 15.1.